The van der Waals surface area contributed by atoms with Gasteiger partial charge >= 0.3 is 0 Å². The quantitative estimate of drug-likeness (QED) is 0.347. The Labute approximate surface area is 228 Å². The number of piperidine rings is 1. The van der Waals surface area contributed by atoms with Crippen LogP contribution in [-0.2, 0) is 16.0 Å². The number of methoxy groups -OCH3 is 1. The minimum Gasteiger partial charge on any atom is -0.497 e. The zero-order chi connectivity index (χ0) is 27.2. The maximum absolute atomic E-state index is 12.9. The van der Waals surface area contributed by atoms with Crippen LogP contribution in [0, 0.1) is 0 Å². The van der Waals surface area contributed by atoms with Crippen LogP contribution < -0.4 is 9.64 Å². The molecule has 3 heterocycles. The third kappa shape index (κ3) is 6.67. The van der Waals surface area contributed by atoms with Crippen LogP contribution in [0.25, 0.3) is 0 Å². The Morgan fingerprint density at radius 1 is 1.08 bits per heavy atom. The number of anilines is 1. The number of carbonyl (C=O) groups excluding carboxylic acids is 4. The molecule has 4 rings (SSSR count). The average molecular weight is 556 g/mol. The van der Waals surface area contributed by atoms with Gasteiger partial charge in [0.25, 0.3) is 5.91 Å². The van der Waals surface area contributed by atoms with Crippen LogP contribution in [0.5, 0.6) is 5.75 Å². The highest BCUT2D eigenvalue weighted by molar-refractivity contribution is 7.10. The SMILES string of the molecule is COc1ccc(C(=O)CCC(=O)N2CCC(c3nc(C(=O)N(C)c4nc(CC(C)=O)ns4)cs3)CC2)cc1. The molecule has 200 valence electrons. The molecule has 1 aliphatic rings. The van der Waals surface area contributed by atoms with E-state index in [1.165, 1.54) is 23.2 Å². The topological polar surface area (TPSA) is 123 Å². The van der Waals surface area contributed by atoms with E-state index in [0.29, 0.717) is 41.1 Å². The van der Waals surface area contributed by atoms with Gasteiger partial charge in [0.2, 0.25) is 11.0 Å². The van der Waals surface area contributed by atoms with Gasteiger partial charge in [0, 0.05) is 61.4 Å². The zero-order valence-corrected chi connectivity index (χ0v) is 23.1. The summed E-state index contributed by atoms with van der Waals surface area (Å²) < 4.78 is 9.25. The summed E-state index contributed by atoms with van der Waals surface area (Å²) in [5.74, 6) is 0.839. The van der Waals surface area contributed by atoms with E-state index in [1.807, 2.05) is 0 Å². The van der Waals surface area contributed by atoms with Crippen molar-refractivity contribution in [2.75, 3.05) is 32.1 Å². The number of thiazole rings is 1. The Balaban J connectivity index is 1.26. The van der Waals surface area contributed by atoms with Gasteiger partial charge < -0.3 is 9.64 Å². The number of Topliss-reactive ketones (excluding diaryl/α,β-unsaturated/α-hetero) is 2. The molecule has 2 amide bonds. The summed E-state index contributed by atoms with van der Waals surface area (Å²) in [5, 5.41) is 3.03. The highest BCUT2D eigenvalue weighted by Gasteiger charge is 2.28. The normalized spacial score (nSPS) is 13.8. The second-order valence-electron chi connectivity index (χ2n) is 9.11. The first-order chi connectivity index (χ1) is 18.2. The molecule has 0 bridgehead atoms. The van der Waals surface area contributed by atoms with Crippen LogP contribution >= 0.6 is 22.9 Å². The number of nitrogens with zero attached hydrogens (tertiary/aromatic N) is 5. The molecule has 0 atom stereocenters. The van der Waals surface area contributed by atoms with E-state index < -0.39 is 0 Å². The lowest BCUT2D eigenvalue weighted by atomic mass is 9.97. The predicted octanol–water partition coefficient (Wildman–Crippen LogP) is 3.78. The van der Waals surface area contributed by atoms with Crippen LogP contribution in [0.2, 0.25) is 0 Å². The standard InChI is InChI=1S/C26H29N5O5S2/c1-16(32)14-22-28-26(38-29-22)30(2)25(35)20-15-37-24(27-20)18-10-12-31(13-11-18)23(34)9-8-21(33)17-4-6-19(36-3)7-5-17/h4-7,15,18H,8-14H2,1-3H3. The number of ketones is 2. The molecule has 10 nitrogen and oxygen atoms in total. The molecule has 1 aliphatic heterocycles. The van der Waals surface area contributed by atoms with Crippen molar-refractivity contribution in [2.45, 2.75) is 44.9 Å². The van der Waals surface area contributed by atoms with Crippen LogP contribution in [-0.4, -0.2) is 69.9 Å². The van der Waals surface area contributed by atoms with Crippen LogP contribution in [0.3, 0.4) is 0 Å². The highest BCUT2D eigenvalue weighted by Crippen LogP contribution is 2.31. The summed E-state index contributed by atoms with van der Waals surface area (Å²) in [6.07, 6.45) is 1.98. The number of aromatic nitrogens is 3. The van der Waals surface area contributed by atoms with E-state index in [1.54, 1.807) is 48.7 Å². The maximum atomic E-state index is 12.9. The molecule has 1 fully saturated rings. The lowest BCUT2D eigenvalue weighted by Crippen LogP contribution is -2.38. The fourth-order valence-electron chi connectivity index (χ4n) is 4.18. The molecule has 1 aromatic carbocycles. The van der Waals surface area contributed by atoms with Gasteiger partial charge in [-0.1, -0.05) is 0 Å². The number of amides is 2. The van der Waals surface area contributed by atoms with Crippen molar-refractivity contribution in [2.24, 2.45) is 0 Å². The third-order valence-electron chi connectivity index (χ3n) is 6.37. The summed E-state index contributed by atoms with van der Waals surface area (Å²) in [5.41, 5.74) is 0.908. The Morgan fingerprint density at radius 3 is 2.45 bits per heavy atom. The van der Waals surface area contributed by atoms with Crippen molar-refractivity contribution < 1.29 is 23.9 Å². The third-order valence-corrected chi connectivity index (χ3v) is 8.21. The van der Waals surface area contributed by atoms with E-state index in [9.17, 15) is 19.2 Å². The summed E-state index contributed by atoms with van der Waals surface area (Å²) in [4.78, 5) is 61.4. The van der Waals surface area contributed by atoms with Crippen molar-refractivity contribution in [3.63, 3.8) is 0 Å². The summed E-state index contributed by atoms with van der Waals surface area (Å²) in [6, 6.07) is 6.89. The van der Waals surface area contributed by atoms with Gasteiger partial charge in [0.1, 0.15) is 17.2 Å². The Kier molecular flexibility index (Phi) is 8.95. The summed E-state index contributed by atoms with van der Waals surface area (Å²) in [6.45, 7) is 2.65. The molecule has 2 aromatic heterocycles. The number of carbonyl (C=O) groups is 4. The smallest absolute Gasteiger partial charge is 0.279 e. The molecule has 0 aliphatic carbocycles. The van der Waals surface area contributed by atoms with Crippen molar-refractivity contribution in [1.82, 2.24) is 19.2 Å². The first-order valence-electron chi connectivity index (χ1n) is 12.3. The van der Waals surface area contributed by atoms with Gasteiger partial charge in [-0.25, -0.2) is 9.97 Å². The van der Waals surface area contributed by atoms with Gasteiger partial charge in [-0.05, 0) is 44.0 Å². The molecule has 0 saturated carbocycles. The molecule has 0 unspecified atom stereocenters. The highest BCUT2D eigenvalue weighted by atomic mass is 32.1. The second-order valence-corrected chi connectivity index (χ2v) is 10.7. The van der Waals surface area contributed by atoms with Crippen molar-refractivity contribution in [1.29, 1.82) is 0 Å². The monoisotopic (exact) mass is 555 g/mol. The Morgan fingerprint density at radius 2 is 1.79 bits per heavy atom. The first kappa shape index (κ1) is 27.5. The van der Waals surface area contributed by atoms with Crippen molar-refractivity contribution in [3.05, 3.63) is 51.7 Å². The lowest BCUT2D eigenvalue weighted by molar-refractivity contribution is -0.132. The van der Waals surface area contributed by atoms with Crippen molar-refractivity contribution in [3.8, 4) is 5.75 Å². The van der Waals surface area contributed by atoms with E-state index >= 15 is 0 Å². The fourth-order valence-corrected chi connectivity index (χ4v) is 5.79. The lowest BCUT2D eigenvalue weighted by Gasteiger charge is -2.31. The van der Waals surface area contributed by atoms with E-state index in [2.05, 4.69) is 14.3 Å². The molecule has 0 radical (unpaired) electrons. The van der Waals surface area contributed by atoms with E-state index in [4.69, 9.17) is 4.74 Å². The van der Waals surface area contributed by atoms with E-state index in [-0.39, 0.29) is 48.6 Å². The first-order valence-corrected chi connectivity index (χ1v) is 13.9. The van der Waals surface area contributed by atoms with Crippen molar-refractivity contribution >= 4 is 51.4 Å². The van der Waals surface area contributed by atoms with Gasteiger partial charge in [-0.2, -0.15) is 4.37 Å². The van der Waals surface area contributed by atoms with E-state index in [0.717, 1.165) is 29.4 Å². The number of hydrogen-bond donors (Lipinski definition) is 0. The Hall–Kier alpha value is -3.51. The zero-order valence-electron chi connectivity index (χ0n) is 21.5. The summed E-state index contributed by atoms with van der Waals surface area (Å²) >= 11 is 2.51. The molecule has 1 saturated heterocycles. The largest absolute Gasteiger partial charge is 0.497 e. The molecule has 38 heavy (non-hydrogen) atoms. The molecular formula is C26H29N5O5S2. The number of hydrogen-bond acceptors (Lipinski definition) is 10. The molecule has 3 aromatic rings. The maximum Gasteiger partial charge on any atom is 0.279 e. The average Bonchev–Trinajstić information content (AvgIpc) is 3.61. The van der Waals surface area contributed by atoms with Crippen LogP contribution in [0.4, 0.5) is 5.13 Å². The predicted molar refractivity (Wildman–Crippen MR) is 144 cm³/mol. The minimum atomic E-state index is -0.285. The number of ether oxygens (including phenoxy) is 1. The molecule has 0 spiro atoms. The van der Waals surface area contributed by atoms with Gasteiger partial charge in [-0.3, -0.25) is 24.1 Å². The fraction of sp³-hybridized carbons (Fsp3) is 0.423. The molecule has 0 N–H and O–H groups in total. The number of benzene rings is 1. The number of rotatable bonds is 10. The van der Waals surface area contributed by atoms with Gasteiger partial charge in [-0.15, -0.1) is 11.3 Å². The molecular weight excluding hydrogens is 526 g/mol. The van der Waals surface area contributed by atoms with Gasteiger partial charge in [0.15, 0.2) is 11.6 Å². The number of likely N-dealkylation sites (tertiary alicyclic amines) is 1. The Bertz CT molecular complexity index is 1310. The minimum absolute atomic E-state index is 0.0249. The molecule has 12 heteroatoms. The summed E-state index contributed by atoms with van der Waals surface area (Å²) in [7, 11) is 3.18. The van der Waals surface area contributed by atoms with Gasteiger partial charge in [0.05, 0.1) is 18.5 Å². The van der Waals surface area contributed by atoms with Crippen LogP contribution in [0.15, 0.2) is 29.6 Å². The second kappa shape index (κ2) is 12.4. The van der Waals surface area contributed by atoms with Crippen LogP contribution in [0.1, 0.15) is 70.2 Å².